The Labute approximate surface area is 359 Å². The highest BCUT2D eigenvalue weighted by Gasteiger charge is 2.20. The summed E-state index contributed by atoms with van der Waals surface area (Å²) in [7, 11) is 0. The Morgan fingerprint density at radius 3 is 1.49 bits per heavy atom. The van der Waals surface area contributed by atoms with Crippen molar-refractivity contribution in [3.8, 4) is 51.5 Å². The molecule has 0 N–H and O–H groups in total. The molecule has 0 radical (unpaired) electrons. The predicted octanol–water partition coefficient (Wildman–Crippen LogP) is 12.3. The van der Waals surface area contributed by atoms with E-state index in [1.165, 1.54) is 0 Å². The van der Waals surface area contributed by atoms with Gasteiger partial charge in [0.15, 0.2) is 11.6 Å². The normalized spacial score (nSPS) is 11.8. The molecule has 7 aromatic carbocycles. The van der Waals surface area contributed by atoms with Crippen LogP contribution >= 0.6 is 0 Å². The van der Waals surface area contributed by atoms with Gasteiger partial charge in [-0.2, -0.15) is 9.97 Å². The van der Waals surface area contributed by atoms with Crippen LogP contribution in [-0.4, -0.2) is 43.6 Å². The van der Waals surface area contributed by atoms with Gasteiger partial charge in [-0.15, -0.1) is 0 Å². The van der Waals surface area contributed by atoms with Crippen molar-refractivity contribution in [3.63, 3.8) is 0 Å². The molecule has 13 rings (SSSR count). The minimum absolute atomic E-state index is 0.563. The lowest BCUT2D eigenvalue weighted by molar-refractivity contribution is 0.953. The van der Waals surface area contributed by atoms with Gasteiger partial charge in [0.05, 0.1) is 56.7 Å². The van der Waals surface area contributed by atoms with Gasteiger partial charge in [0.1, 0.15) is 0 Å². The maximum atomic E-state index is 5.11. The van der Waals surface area contributed by atoms with Crippen LogP contribution in [0.3, 0.4) is 0 Å². The fraction of sp³-hybridized carbons (Fsp3) is 0. The van der Waals surface area contributed by atoms with E-state index in [1.54, 1.807) is 0 Å². The van der Waals surface area contributed by atoms with Gasteiger partial charge in [0.25, 0.3) is 0 Å². The number of nitrogens with zero attached hydrogens (tertiary/aromatic N) is 9. The van der Waals surface area contributed by atoms with Gasteiger partial charge < -0.3 is 4.57 Å². The second kappa shape index (κ2) is 13.9. The lowest BCUT2D eigenvalue weighted by Gasteiger charge is -2.11. The van der Waals surface area contributed by atoms with Crippen LogP contribution in [0.25, 0.3) is 117 Å². The van der Waals surface area contributed by atoms with Gasteiger partial charge in [0, 0.05) is 44.3 Å². The van der Waals surface area contributed by atoms with E-state index in [0.29, 0.717) is 23.5 Å². The second-order valence-electron chi connectivity index (χ2n) is 15.6. The summed E-state index contributed by atoms with van der Waals surface area (Å²) in [6, 6.07) is 62.9. The highest BCUT2D eigenvalue weighted by atomic mass is 15.2. The van der Waals surface area contributed by atoms with Crippen molar-refractivity contribution in [2.45, 2.75) is 0 Å². The molecule has 0 unspecified atom stereocenters. The molecule has 9 nitrogen and oxygen atoms in total. The molecule has 6 heterocycles. The summed E-state index contributed by atoms with van der Waals surface area (Å²) < 4.78 is 6.52. The highest BCUT2D eigenvalue weighted by molar-refractivity contribution is 6.12. The Morgan fingerprint density at radius 1 is 0.302 bits per heavy atom. The third kappa shape index (κ3) is 5.50. The van der Waals surface area contributed by atoms with Crippen molar-refractivity contribution in [2.24, 2.45) is 0 Å². The number of rotatable bonds is 6. The number of para-hydroxylation sites is 3. The molecule has 0 amide bonds. The van der Waals surface area contributed by atoms with E-state index in [1.807, 2.05) is 91.4 Å². The van der Waals surface area contributed by atoms with Gasteiger partial charge in [0.2, 0.25) is 11.9 Å². The van der Waals surface area contributed by atoms with Gasteiger partial charge in [-0.1, -0.05) is 133 Å². The zero-order valence-electron chi connectivity index (χ0n) is 33.6. The van der Waals surface area contributed by atoms with Crippen molar-refractivity contribution < 1.29 is 0 Å². The average Bonchev–Trinajstić information content (AvgIpc) is 4.00. The average molecular weight is 808 g/mol. The van der Waals surface area contributed by atoms with Crippen LogP contribution in [0.15, 0.2) is 201 Å². The van der Waals surface area contributed by atoms with Crippen LogP contribution < -0.4 is 0 Å². The van der Waals surface area contributed by atoms with E-state index in [2.05, 4.69) is 123 Å². The molecule has 0 fully saturated rings. The third-order valence-electron chi connectivity index (χ3n) is 12.1. The molecule has 63 heavy (non-hydrogen) atoms. The van der Waals surface area contributed by atoms with Gasteiger partial charge in [-0.05, 0) is 59.7 Å². The quantitative estimate of drug-likeness (QED) is 0.166. The smallest absolute Gasteiger partial charge is 0.238 e. The summed E-state index contributed by atoms with van der Waals surface area (Å²) >= 11 is 0. The van der Waals surface area contributed by atoms with Crippen molar-refractivity contribution >= 4 is 65.5 Å². The largest absolute Gasteiger partial charge is 0.305 e. The fourth-order valence-corrected chi connectivity index (χ4v) is 9.24. The first-order valence-corrected chi connectivity index (χ1v) is 20.9. The Bertz CT molecular complexity index is 3790. The standard InChI is InChI=1S/C54H33N9/c1-3-14-34(15-4-1)51-58-52(35-16-5-2-6-17-35)60-54(59-51)62-45-22-11-8-19-40(45)43-30-36(26-28-47(43)62)37-25-27-41-39-18-7-10-21-44(39)63(49(41)31-37)53-56-32-38(33-57-53)61-46-23-12-9-20-42(46)50-48(61)24-13-29-55-50/h1-33H. The molecule has 9 heteroatoms. The van der Waals surface area contributed by atoms with Crippen molar-refractivity contribution in [3.05, 3.63) is 201 Å². The predicted molar refractivity (Wildman–Crippen MR) is 253 cm³/mol. The maximum absolute atomic E-state index is 5.11. The van der Waals surface area contributed by atoms with E-state index in [4.69, 9.17) is 29.9 Å². The Hall–Kier alpha value is -8.82. The number of hydrogen-bond acceptors (Lipinski definition) is 6. The summed E-state index contributed by atoms with van der Waals surface area (Å²) in [5.41, 5.74) is 12.0. The van der Waals surface area contributed by atoms with E-state index in [0.717, 1.165) is 93.5 Å². The number of aromatic nitrogens is 9. The zero-order chi connectivity index (χ0) is 41.4. The first kappa shape index (κ1) is 35.0. The first-order chi connectivity index (χ1) is 31.2. The summed E-state index contributed by atoms with van der Waals surface area (Å²) in [4.78, 5) is 30.0. The van der Waals surface area contributed by atoms with Crippen LogP contribution in [0, 0.1) is 0 Å². The number of benzene rings is 7. The van der Waals surface area contributed by atoms with Crippen molar-refractivity contribution in [1.29, 1.82) is 0 Å². The molecule has 13 aromatic rings. The first-order valence-electron chi connectivity index (χ1n) is 20.9. The van der Waals surface area contributed by atoms with Gasteiger partial charge >= 0.3 is 0 Å². The van der Waals surface area contributed by atoms with E-state index in [-0.39, 0.29) is 0 Å². The van der Waals surface area contributed by atoms with Gasteiger partial charge in [-0.25, -0.2) is 15.0 Å². The number of pyridine rings is 1. The fourth-order valence-electron chi connectivity index (χ4n) is 9.24. The topological polar surface area (TPSA) is 92.1 Å². The van der Waals surface area contributed by atoms with Crippen LogP contribution in [0.2, 0.25) is 0 Å². The molecule has 0 spiro atoms. The second-order valence-corrected chi connectivity index (χ2v) is 15.6. The molecule has 0 atom stereocenters. The molecule has 0 aliphatic carbocycles. The minimum atomic E-state index is 0.563. The lowest BCUT2D eigenvalue weighted by Crippen LogP contribution is -2.06. The molecule has 0 bridgehead atoms. The van der Waals surface area contributed by atoms with E-state index < -0.39 is 0 Å². The SMILES string of the molecule is c1ccc(-c2nc(-c3ccccc3)nc(-n3c4ccccc4c4cc(-c5ccc6c7ccccc7n(-c7ncc(-n8c9ccccc9c9ncccc98)cn7)c6c5)ccc43)n2)cc1. The number of hydrogen-bond donors (Lipinski definition) is 0. The molecule has 0 saturated heterocycles. The Morgan fingerprint density at radius 2 is 0.810 bits per heavy atom. The molecule has 0 aliphatic rings. The summed E-state index contributed by atoms with van der Waals surface area (Å²) in [6.07, 6.45) is 5.66. The van der Waals surface area contributed by atoms with Crippen LogP contribution in [0.5, 0.6) is 0 Å². The lowest BCUT2D eigenvalue weighted by atomic mass is 10.0. The Balaban J connectivity index is 0.957. The Kier molecular flexibility index (Phi) is 7.70. The van der Waals surface area contributed by atoms with E-state index in [9.17, 15) is 0 Å². The third-order valence-corrected chi connectivity index (χ3v) is 12.1. The van der Waals surface area contributed by atoms with Crippen LogP contribution in [0.1, 0.15) is 0 Å². The zero-order valence-corrected chi connectivity index (χ0v) is 33.6. The highest BCUT2D eigenvalue weighted by Crippen LogP contribution is 2.38. The molecule has 6 aromatic heterocycles. The number of fused-ring (bicyclic) bond motifs is 9. The molecule has 0 aliphatic heterocycles. The summed E-state index contributed by atoms with van der Waals surface area (Å²) in [5, 5.41) is 5.58. The van der Waals surface area contributed by atoms with Crippen molar-refractivity contribution in [2.75, 3.05) is 0 Å². The minimum Gasteiger partial charge on any atom is -0.305 e. The molecular formula is C54H33N9. The van der Waals surface area contributed by atoms with Crippen molar-refractivity contribution in [1.82, 2.24) is 43.6 Å². The maximum Gasteiger partial charge on any atom is 0.238 e. The van der Waals surface area contributed by atoms with E-state index >= 15 is 0 Å². The monoisotopic (exact) mass is 807 g/mol. The summed E-state index contributed by atoms with van der Waals surface area (Å²) in [6.45, 7) is 0. The van der Waals surface area contributed by atoms with Crippen LogP contribution in [-0.2, 0) is 0 Å². The summed E-state index contributed by atoms with van der Waals surface area (Å²) in [5.74, 6) is 2.40. The van der Waals surface area contributed by atoms with Gasteiger partial charge in [-0.3, -0.25) is 14.1 Å². The molecule has 294 valence electrons. The molecular weight excluding hydrogens is 775 g/mol. The van der Waals surface area contributed by atoms with Crippen LogP contribution in [0.4, 0.5) is 0 Å². The molecule has 0 saturated carbocycles.